The van der Waals surface area contributed by atoms with Crippen molar-refractivity contribution in [3.8, 4) is 0 Å². The molecule has 2 fully saturated rings. The van der Waals surface area contributed by atoms with Crippen LogP contribution in [0, 0.1) is 0 Å². The predicted octanol–water partition coefficient (Wildman–Crippen LogP) is 1.53. The average molecular weight is 266 g/mol. The number of rotatable bonds is 2. The molecule has 1 N–H and O–H groups in total. The lowest BCUT2D eigenvalue weighted by molar-refractivity contribution is 0.183. The zero-order valence-corrected chi connectivity index (χ0v) is 11.2. The summed E-state index contributed by atoms with van der Waals surface area (Å²) in [5.74, 6) is 0. The van der Waals surface area contributed by atoms with Crippen molar-refractivity contribution in [3.63, 3.8) is 0 Å². The summed E-state index contributed by atoms with van der Waals surface area (Å²) >= 11 is 1.66. The van der Waals surface area contributed by atoms with Gasteiger partial charge < -0.3 is 15.1 Å². The van der Waals surface area contributed by atoms with Gasteiger partial charge in [0, 0.05) is 43.8 Å². The van der Waals surface area contributed by atoms with Crippen LogP contribution >= 0.6 is 11.3 Å². The van der Waals surface area contributed by atoms with Crippen molar-refractivity contribution >= 4 is 22.5 Å². The molecule has 1 aliphatic carbocycles. The number of urea groups is 1. The number of carbonyl (C=O) groups is 1. The molecule has 3 rings (SSSR count). The quantitative estimate of drug-likeness (QED) is 0.883. The number of hydrogen-bond acceptors (Lipinski definition) is 4. The summed E-state index contributed by atoms with van der Waals surface area (Å²) < 4.78 is 0. The zero-order valence-electron chi connectivity index (χ0n) is 10.3. The summed E-state index contributed by atoms with van der Waals surface area (Å²) in [6, 6.07) is 0.535. The van der Waals surface area contributed by atoms with Gasteiger partial charge in [-0.2, -0.15) is 0 Å². The summed E-state index contributed by atoms with van der Waals surface area (Å²) in [6.45, 7) is 3.34. The fourth-order valence-corrected chi connectivity index (χ4v) is 2.99. The molecule has 0 aromatic carbocycles. The maximum atomic E-state index is 12.0. The van der Waals surface area contributed by atoms with Gasteiger partial charge in [-0.05, 0) is 19.3 Å². The Morgan fingerprint density at radius 3 is 2.67 bits per heavy atom. The van der Waals surface area contributed by atoms with Crippen LogP contribution in [0.5, 0.6) is 0 Å². The van der Waals surface area contributed by atoms with Crippen molar-refractivity contribution in [3.05, 3.63) is 11.6 Å². The second-order valence-electron chi connectivity index (χ2n) is 4.87. The third kappa shape index (κ3) is 2.43. The van der Waals surface area contributed by atoms with Gasteiger partial charge in [-0.3, -0.25) is 0 Å². The van der Waals surface area contributed by atoms with Crippen LogP contribution in [0.1, 0.15) is 19.3 Å². The molecule has 18 heavy (non-hydrogen) atoms. The first-order valence-corrected chi connectivity index (χ1v) is 7.41. The standard InChI is InChI=1S/C12H18N4OS/c17-11(14-10-2-1-3-10)15-5-7-16(8-6-15)12-13-4-9-18-12/h4,9-10H,1-3,5-8H2,(H,14,17). The van der Waals surface area contributed by atoms with Gasteiger partial charge in [-0.1, -0.05) is 0 Å². The Balaban J connectivity index is 1.48. The second-order valence-corrected chi connectivity index (χ2v) is 5.74. The monoisotopic (exact) mass is 266 g/mol. The van der Waals surface area contributed by atoms with E-state index in [1.165, 1.54) is 6.42 Å². The molecule has 5 nitrogen and oxygen atoms in total. The van der Waals surface area contributed by atoms with Crippen molar-refractivity contribution in [1.82, 2.24) is 15.2 Å². The first-order valence-electron chi connectivity index (χ1n) is 6.53. The first kappa shape index (κ1) is 11.8. The molecule has 6 heteroatoms. The van der Waals surface area contributed by atoms with E-state index in [1.807, 2.05) is 16.5 Å². The maximum absolute atomic E-state index is 12.0. The summed E-state index contributed by atoms with van der Waals surface area (Å²) in [5.41, 5.74) is 0. The molecule has 2 heterocycles. The van der Waals surface area contributed by atoms with Gasteiger partial charge >= 0.3 is 6.03 Å². The first-order chi connectivity index (χ1) is 8.83. The van der Waals surface area contributed by atoms with E-state index in [9.17, 15) is 4.79 Å². The molecular weight excluding hydrogens is 248 g/mol. The van der Waals surface area contributed by atoms with E-state index in [2.05, 4.69) is 15.2 Å². The lowest BCUT2D eigenvalue weighted by Crippen LogP contribution is -2.54. The lowest BCUT2D eigenvalue weighted by Gasteiger charge is -2.36. The summed E-state index contributed by atoms with van der Waals surface area (Å²) in [4.78, 5) is 20.5. The molecule has 1 aliphatic heterocycles. The van der Waals surface area contributed by atoms with Crippen molar-refractivity contribution in [2.75, 3.05) is 31.1 Å². The largest absolute Gasteiger partial charge is 0.345 e. The second kappa shape index (κ2) is 5.14. The van der Waals surface area contributed by atoms with E-state index in [0.717, 1.165) is 44.2 Å². The number of amides is 2. The number of nitrogens with one attached hydrogen (secondary N) is 1. The highest BCUT2D eigenvalue weighted by Gasteiger charge is 2.25. The molecule has 2 amide bonds. The Hall–Kier alpha value is -1.30. The SMILES string of the molecule is O=C(NC1CCC1)N1CCN(c2nccs2)CC1. The van der Waals surface area contributed by atoms with Crippen LogP contribution in [0.15, 0.2) is 11.6 Å². The van der Waals surface area contributed by atoms with Gasteiger partial charge in [0.1, 0.15) is 0 Å². The minimum Gasteiger partial charge on any atom is -0.345 e. The number of hydrogen-bond donors (Lipinski definition) is 1. The molecular formula is C12H18N4OS. The third-order valence-electron chi connectivity index (χ3n) is 3.69. The number of carbonyl (C=O) groups excluding carboxylic acids is 1. The van der Waals surface area contributed by atoms with Gasteiger partial charge in [0.2, 0.25) is 0 Å². The number of piperazine rings is 1. The Labute approximate surface area is 111 Å². The third-order valence-corrected chi connectivity index (χ3v) is 4.52. The van der Waals surface area contributed by atoms with Crippen LogP contribution in [0.25, 0.3) is 0 Å². The predicted molar refractivity (Wildman–Crippen MR) is 72.1 cm³/mol. The highest BCUT2D eigenvalue weighted by Crippen LogP contribution is 2.20. The Kier molecular flexibility index (Phi) is 3.36. The van der Waals surface area contributed by atoms with E-state index in [1.54, 1.807) is 11.3 Å². The zero-order chi connectivity index (χ0) is 12.4. The van der Waals surface area contributed by atoms with Crippen LogP contribution in [0.3, 0.4) is 0 Å². The summed E-state index contributed by atoms with van der Waals surface area (Å²) in [6.07, 6.45) is 5.37. The minimum absolute atomic E-state index is 0.110. The topological polar surface area (TPSA) is 48.5 Å². The molecule has 0 atom stereocenters. The highest BCUT2D eigenvalue weighted by molar-refractivity contribution is 7.13. The van der Waals surface area contributed by atoms with Crippen LogP contribution in [0.2, 0.25) is 0 Å². The van der Waals surface area contributed by atoms with Gasteiger partial charge in [0.05, 0.1) is 0 Å². The lowest BCUT2D eigenvalue weighted by atomic mass is 9.93. The summed E-state index contributed by atoms with van der Waals surface area (Å²) in [7, 11) is 0. The molecule has 1 saturated heterocycles. The van der Waals surface area contributed by atoms with E-state index < -0.39 is 0 Å². The Morgan fingerprint density at radius 2 is 2.11 bits per heavy atom. The number of aromatic nitrogens is 1. The Morgan fingerprint density at radius 1 is 1.33 bits per heavy atom. The molecule has 1 aromatic rings. The molecule has 0 radical (unpaired) electrons. The normalized spacial score (nSPS) is 20.7. The number of nitrogens with zero attached hydrogens (tertiary/aromatic N) is 3. The molecule has 0 bridgehead atoms. The van der Waals surface area contributed by atoms with Gasteiger partial charge in [-0.25, -0.2) is 9.78 Å². The van der Waals surface area contributed by atoms with E-state index >= 15 is 0 Å². The fraction of sp³-hybridized carbons (Fsp3) is 0.667. The maximum Gasteiger partial charge on any atom is 0.317 e. The molecule has 0 spiro atoms. The van der Waals surface area contributed by atoms with Crippen LogP contribution < -0.4 is 10.2 Å². The van der Waals surface area contributed by atoms with E-state index in [0.29, 0.717) is 6.04 Å². The van der Waals surface area contributed by atoms with Crippen molar-refractivity contribution in [2.24, 2.45) is 0 Å². The van der Waals surface area contributed by atoms with Crippen LogP contribution in [-0.2, 0) is 0 Å². The fourth-order valence-electron chi connectivity index (χ4n) is 2.29. The highest BCUT2D eigenvalue weighted by atomic mass is 32.1. The molecule has 0 unspecified atom stereocenters. The van der Waals surface area contributed by atoms with Gasteiger partial charge in [0.15, 0.2) is 5.13 Å². The van der Waals surface area contributed by atoms with Crippen LogP contribution in [0.4, 0.5) is 9.93 Å². The van der Waals surface area contributed by atoms with Crippen LogP contribution in [-0.4, -0.2) is 48.1 Å². The van der Waals surface area contributed by atoms with Crippen molar-refractivity contribution in [2.45, 2.75) is 25.3 Å². The van der Waals surface area contributed by atoms with Gasteiger partial charge in [-0.15, -0.1) is 11.3 Å². The number of anilines is 1. The van der Waals surface area contributed by atoms with Gasteiger partial charge in [0.25, 0.3) is 0 Å². The smallest absolute Gasteiger partial charge is 0.317 e. The average Bonchev–Trinajstić information content (AvgIpc) is 2.87. The van der Waals surface area contributed by atoms with Crippen molar-refractivity contribution < 1.29 is 4.79 Å². The van der Waals surface area contributed by atoms with E-state index in [-0.39, 0.29) is 6.03 Å². The minimum atomic E-state index is 0.110. The molecule has 98 valence electrons. The molecule has 1 aromatic heterocycles. The Bertz CT molecular complexity index is 396. The number of thiazole rings is 1. The van der Waals surface area contributed by atoms with Crippen molar-refractivity contribution in [1.29, 1.82) is 0 Å². The summed E-state index contributed by atoms with van der Waals surface area (Å²) in [5, 5.41) is 6.15. The van der Waals surface area contributed by atoms with E-state index in [4.69, 9.17) is 0 Å². The molecule has 2 aliphatic rings. The molecule has 1 saturated carbocycles.